The van der Waals surface area contributed by atoms with E-state index < -0.39 is 5.91 Å². The highest BCUT2D eigenvalue weighted by Crippen LogP contribution is 2.57. The van der Waals surface area contributed by atoms with Gasteiger partial charge in [-0.3, -0.25) is 9.69 Å². The summed E-state index contributed by atoms with van der Waals surface area (Å²) in [6.07, 6.45) is 4.93. The fraction of sp³-hybridized carbons (Fsp3) is 0.391. The number of primary amides is 1. The van der Waals surface area contributed by atoms with Crippen molar-refractivity contribution in [2.24, 2.45) is 11.1 Å². The molecule has 1 aliphatic heterocycles. The normalized spacial score (nSPS) is 27.0. The molecule has 0 saturated heterocycles. The predicted molar refractivity (Wildman–Crippen MR) is 110 cm³/mol. The Bertz CT molecular complexity index is 959. The van der Waals surface area contributed by atoms with Gasteiger partial charge < -0.3 is 15.8 Å². The van der Waals surface area contributed by atoms with Crippen molar-refractivity contribution in [2.45, 2.75) is 44.2 Å². The minimum atomic E-state index is -0.468. The van der Waals surface area contributed by atoms with Crippen LogP contribution in [0.4, 0.5) is 10.5 Å². The Balaban J connectivity index is 1.12. The monoisotopic (exact) mass is 391 g/mol. The van der Waals surface area contributed by atoms with Crippen molar-refractivity contribution >= 4 is 17.6 Å². The molecule has 1 heterocycles. The van der Waals surface area contributed by atoms with E-state index in [1.165, 1.54) is 5.56 Å². The maximum Gasteiger partial charge on any atom is 0.322 e. The number of fused-ring (bicyclic) bond motifs is 1. The topological polar surface area (TPSA) is 84.7 Å². The van der Waals surface area contributed by atoms with E-state index in [0.29, 0.717) is 11.3 Å². The lowest BCUT2D eigenvalue weighted by atomic mass is 9.53. The van der Waals surface area contributed by atoms with E-state index in [0.717, 1.165) is 44.3 Å². The first-order valence-electron chi connectivity index (χ1n) is 10.2. The zero-order valence-corrected chi connectivity index (χ0v) is 16.3. The summed E-state index contributed by atoms with van der Waals surface area (Å²) in [5, 5.41) is 3.20. The quantitative estimate of drug-likeness (QED) is 0.839. The lowest BCUT2D eigenvalue weighted by Gasteiger charge is -2.57. The van der Waals surface area contributed by atoms with E-state index >= 15 is 0 Å². The van der Waals surface area contributed by atoms with E-state index in [2.05, 4.69) is 11.4 Å². The number of benzene rings is 2. The molecule has 2 aliphatic carbocycles. The van der Waals surface area contributed by atoms with Crippen molar-refractivity contribution in [1.29, 1.82) is 0 Å². The summed E-state index contributed by atoms with van der Waals surface area (Å²) in [5.74, 6) is 0.0984. The molecule has 1 spiro atoms. The molecule has 29 heavy (non-hydrogen) atoms. The van der Waals surface area contributed by atoms with E-state index in [1.807, 2.05) is 29.2 Å². The van der Waals surface area contributed by atoms with Gasteiger partial charge in [0.15, 0.2) is 0 Å². The van der Waals surface area contributed by atoms with E-state index in [4.69, 9.17) is 10.5 Å². The van der Waals surface area contributed by atoms with Gasteiger partial charge in [-0.05, 0) is 61.3 Å². The van der Waals surface area contributed by atoms with Crippen molar-refractivity contribution in [3.8, 4) is 5.75 Å². The number of hydrogen-bond donors (Lipinski definition) is 2. The first kappa shape index (κ1) is 18.0. The highest BCUT2D eigenvalue weighted by molar-refractivity contribution is 5.95. The Morgan fingerprint density at radius 2 is 1.76 bits per heavy atom. The number of carbonyl (C=O) groups excluding carboxylic acids is 2. The number of urea groups is 1. The first-order valence-corrected chi connectivity index (χ1v) is 10.2. The third kappa shape index (κ3) is 3.22. The molecule has 5 rings (SSSR count). The van der Waals surface area contributed by atoms with Gasteiger partial charge in [-0.25, -0.2) is 4.79 Å². The van der Waals surface area contributed by atoms with Crippen LogP contribution in [-0.4, -0.2) is 30.6 Å². The Hall–Kier alpha value is -3.02. The molecule has 3 amide bonds. The fourth-order valence-electron chi connectivity index (χ4n) is 5.16. The van der Waals surface area contributed by atoms with Gasteiger partial charge in [0.25, 0.3) is 5.91 Å². The molecular formula is C23H25N3O3. The maximum absolute atomic E-state index is 12.7. The largest absolute Gasteiger partial charge is 0.490 e. The second kappa shape index (κ2) is 6.79. The van der Waals surface area contributed by atoms with Crippen molar-refractivity contribution in [1.82, 2.24) is 5.32 Å². The van der Waals surface area contributed by atoms with Gasteiger partial charge in [-0.2, -0.15) is 0 Å². The minimum Gasteiger partial charge on any atom is -0.490 e. The summed E-state index contributed by atoms with van der Waals surface area (Å²) in [7, 11) is 0. The van der Waals surface area contributed by atoms with Gasteiger partial charge >= 0.3 is 6.03 Å². The lowest BCUT2D eigenvalue weighted by Crippen LogP contribution is -2.60. The highest BCUT2D eigenvalue weighted by atomic mass is 16.5. The molecule has 150 valence electrons. The molecule has 0 radical (unpaired) electrons. The number of anilines is 1. The van der Waals surface area contributed by atoms with Gasteiger partial charge in [-0.1, -0.05) is 30.3 Å². The number of rotatable bonds is 4. The van der Waals surface area contributed by atoms with Crippen LogP contribution >= 0.6 is 0 Å². The molecular weight excluding hydrogens is 366 g/mol. The van der Waals surface area contributed by atoms with E-state index in [9.17, 15) is 9.59 Å². The Morgan fingerprint density at radius 3 is 2.55 bits per heavy atom. The van der Waals surface area contributed by atoms with Crippen molar-refractivity contribution in [2.75, 3.05) is 11.4 Å². The second-order valence-corrected chi connectivity index (χ2v) is 8.59. The smallest absolute Gasteiger partial charge is 0.322 e. The third-order valence-corrected chi connectivity index (χ3v) is 6.59. The summed E-state index contributed by atoms with van der Waals surface area (Å²) in [4.78, 5) is 26.1. The van der Waals surface area contributed by atoms with Crippen LogP contribution < -0.4 is 20.7 Å². The molecule has 3 aliphatic rings. The van der Waals surface area contributed by atoms with Crippen LogP contribution in [-0.2, 0) is 6.42 Å². The SMILES string of the molecule is NC(=O)c1ccccc1O[C@H]1CC2(C[C@H](NC(=O)N3CCc4ccccc43)C2)C1. The lowest BCUT2D eigenvalue weighted by molar-refractivity contribution is -0.0828. The fourth-order valence-corrected chi connectivity index (χ4v) is 5.16. The second-order valence-electron chi connectivity index (χ2n) is 8.59. The Kier molecular flexibility index (Phi) is 4.23. The van der Waals surface area contributed by atoms with Crippen molar-refractivity contribution in [3.05, 3.63) is 59.7 Å². The molecule has 0 aromatic heterocycles. The predicted octanol–water partition coefficient (Wildman–Crippen LogP) is 3.25. The third-order valence-electron chi connectivity index (χ3n) is 6.59. The summed E-state index contributed by atoms with van der Waals surface area (Å²) in [6.45, 7) is 0.748. The van der Waals surface area contributed by atoms with Crippen LogP contribution in [0, 0.1) is 5.41 Å². The zero-order chi connectivity index (χ0) is 20.0. The van der Waals surface area contributed by atoms with Crippen LogP contribution in [0.15, 0.2) is 48.5 Å². The molecule has 3 N–H and O–H groups in total. The van der Waals surface area contributed by atoms with Crippen LogP contribution in [0.1, 0.15) is 41.6 Å². The number of ether oxygens (including phenoxy) is 1. The van der Waals surface area contributed by atoms with E-state index in [-0.39, 0.29) is 23.6 Å². The maximum atomic E-state index is 12.7. The number of carbonyl (C=O) groups is 2. The van der Waals surface area contributed by atoms with Crippen LogP contribution in [0.2, 0.25) is 0 Å². The van der Waals surface area contributed by atoms with Gasteiger partial charge in [0.2, 0.25) is 0 Å². The molecule has 2 aromatic carbocycles. The summed E-state index contributed by atoms with van der Waals surface area (Å²) < 4.78 is 6.01. The summed E-state index contributed by atoms with van der Waals surface area (Å²) >= 11 is 0. The first-order chi connectivity index (χ1) is 14.0. The van der Waals surface area contributed by atoms with Crippen LogP contribution in [0.25, 0.3) is 0 Å². The molecule has 2 fully saturated rings. The standard InChI is InChI=1S/C23H25N3O3/c24-21(27)18-6-2-4-8-20(18)29-17-13-23(14-17)11-16(12-23)25-22(28)26-10-9-15-5-1-3-7-19(15)26/h1-8,16-17H,9-14H2,(H2,24,27)(H,25,28)/t16-,17-,23?. The summed E-state index contributed by atoms with van der Waals surface area (Å²) in [6, 6.07) is 15.5. The zero-order valence-electron chi connectivity index (χ0n) is 16.3. The molecule has 0 bridgehead atoms. The van der Waals surface area contributed by atoms with Gasteiger partial charge in [-0.15, -0.1) is 0 Å². The Labute approximate surface area is 170 Å². The number of nitrogens with one attached hydrogen (secondary N) is 1. The average Bonchev–Trinajstić information content (AvgIpc) is 3.09. The number of amides is 3. The number of hydrogen-bond acceptors (Lipinski definition) is 3. The van der Waals surface area contributed by atoms with Gasteiger partial charge in [0.1, 0.15) is 5.75 Å². The van der Waals surface area contributed by atoms with Gasteiger partial charge in [0.05, 0.1) is 11.7 Å². The molecule has 6 nitrogen and oxygen atoms in total. The van der Waals surface area contributed by atoms with Crippen molar-refractivity contribution < 1.29 is 14.3 Å². The Morgan fingerprint density at radius 1 is 1.03 bits per heavy atom. The molecule has 0 unspecified atom stereocenters. The average molecular weight is 391 g/mol. The van der Waals surface area contributed by atoms with Crippen LogP contribution in [0.5, 0.6) is 5.75 Å². The molecule has 0 atom stereocenters. The number of para-hydroxylation sites is 2. The number of nitrogens with zero attached hydrogens (tertiary/aromatic N) is 1. The summed E-state index contributed by atoms with van der Waals surface area (Å²) in [5.41, 5.74) is 8.39. The molecule has 6 heteroatoms. The van der Waals surface area contributed by atoms with Gasteiger partial charge in [0, 0.05) is 18.3 Å². The minimum absolute atomic E-state index is 0.0114. The van der Waals surface area contributed by atoms with Crippen LogP contribution in [0.3, 0.4) is 0 Å². The number of nitrogens with two attached hydrogens (primary N) is 1. The molecule has 2 saturated carbocycles. The highest BCUT2D eigenvalue weighted by Gasteiger charge is 2.54. The van der Waals surface area contributed by atoms with Crippen molar-refractivity contribution in [3.63, 3.8) is 0 Å². The molecule has 2 aromatic rings. The van der Waals surface area contributed by atoms with E-state index in [1.54, 1.807) is 18.2 Å².